The predicted molar refractivity (Wildman–Crippen MR) is 140 cm³/mol. The Bertz CT molecular complexity index is 1120. The summed E-state index contributed by atoms with van der Waals surface area (Å²) in [5.41, 5.74) is 0.824. The number of methoxy groups -OCH3 is 1. The van der Waals surface area contributed by atoms with Crippen LogP contribution in [0.3, 0.4) is 0 Å². The number of thiazole rings is 1. The smallest absolute Gasteiger partial charge is 0.409 e. The lowest BCUT2D eigenvalue weighted by molar-refractivity contribution is 0.102. The van der Waals surface area contributed by atoms with E-state index >= 15 is 0 Å². The van der Waals surface area contributed by atoms with Gasteiger partial charge >= 0.3 is 13.7 Å². The molecule has 1 aromatic carbocycles. The molecule has 0 aliphatic carbocycles. The first-order chi connectivity index (χ1) is 17.6. The zero-order chi connectivity index (χ0) is 27.0. The number of aromatic nitrogens is 1. The predicted octanol–water partition coefficient (Wildman–Crippen LogP) is 5.17. The summed E-state index contributed by atoms with van der Waals surface area (Å²) in [5.74, 6) is 0.532. The first kappa shape index (κ1) is 28.9. The molecule has 204 valence electrons. The van der Waals surface area contributed by atoms with Crippen molar-refractivity contribution in [1.82, 2.24) is 9.88 Å². The van der Waals surface area contributed by atoms with Gasteiger partial charge in [0.2, 0.25) is 0 Å². The summed E-state index contributed by atoms with van der Waals surface area (Å²) in [5, 5.41) is 4.83. The fraction of sp³-hybridized carbons (Fsp3) is 0.542. The Kier molecular flexibility index (Phi) is 10.3. The van der Waals surface area contributed by atoms with Crippen molar-refractivity contribution in [2.45, 2.75) is 52.5 Å². The summed E-state index contributed by atoms with van der Waals surface area (Å²) >= 11 is 1.21. The highest BCUT2D eigenvalue weighted by atomic mass is 32.1. The van der Waals surface area contributed by atoms with Crippen LogP contribution in [0.4, 0.5) is 9.93 Å². The van der Waals surface area contributed by atoms with Gasteiger partial charge in [-0.3, -0.25) is 14.7 Å². The van der Waals surface area contributed by atoms with E-state index in [-0.39, 0.29) is 31.6 Å². The third-order valence-corrected chi connectivity index (χ3v) is 8.00. The molecule has 0 spiro atoms. The SMILES string of the molecule is CCOP(=O)(Cc1csc(NC(=O)c2cc(OC(C)C)cc(O[C@H]3CCN(C(=O)OC)C3)c2)n1)OCC. The van der Waals surface area contributed by atoms with E-state index < -0.39 is 19.6 Å². The summed E-state index contributed by atoms with van der Waals surface area (Å²) in [6, 6.07) is 4.97. The molecule has 1 saturated heterocycles. The van der Waals surface area contributed by atoms with Gasteiger partial charge < -0.3 is 28.2 Å². The molecule has 2 aromatic rings. The van der Waals surface area contributed by atoms with E-state index in [4.69, 9.17) is 23.3 Å². The minimum Gasteiger partial charge on any atom is -0.491 e. The van der Waals surface area contributed by atoms with Crippen LogP contribution in [0.15, 0.2) is 23.6 Å². The Labute approximate surface area is 220 Å². The van der Waals surface area contributed by atoms with Gasteiger partial charge in [-0.05, 0) is 39.8 Å². The number of nitrogens with zero attached hydrogens (tertiary/aromatic N) is 2. The van der Waals surface area contributed by atoms with Crippen molar-refractivity contribution in [2.75, 3.05) is 38.7 Å². The van der Waals surface area contributed by atoms with Gasteiger partial charge in [0.05, 0.1) is 44.8 Å². The maximum Gasteiger partial charge on any atom is 0.409 e. The molecular weight excluding hydrogens is 521 g/mol. The zero-order valence-corrected chi connectivity index (χ0v) is 23.4. The monoisotopic (exact) mass is 555 g/mol. The second-order valence-corrected chi connectivity index (χ2v) is 11.4. The molecule has 1 aliphatic heterocycles. The van der Waals surface area contributed by atoms with Crippen LogP contribution in [-0.4, -0.2) is 67.5 Å². The van der Waals surface area contributed by atoms with Gasteiger partial charge in [0, 0.05) is 30.0 Å². The van der Waals surface area contributed by atoms with Crippen molar-refractivity contribution in [1.29, 1.82) is 0 Å². The molecular formula is C24H34N3O8PS. The quantitative estimate of drug-likeness (QED) is 0.353. The van der Waals surface area contributed by atoms with Crippen LogP contribution < -0.4 is 14.8 Å². The lowest BCUT2D eigenvalue weighted by atomic mass is 10.2. The van der Waals surface area contributed by atoms with Gasteiger partial charge in [-0.2, -0.15) is 0 Å². The number of hydrogen-bond donors (Lipinski definition) is 1. The average molecular weight is 556 g/mol. The van der Waals surface area contributed by atoms with Crippen LogP contribution in [0.2, 0.25) is 0 Å². The average Bonchev–Trinajstić information content (AvgIpc) is 3.47. The molecule has 3 rings (SSSR count). The van der Waals surface area contributed by atoms with Crippen molar-refractivity contribution in [3.8, 4) is 11.5 Å². The minimum atomic E-state index is -3.31. The van der Waals surface area contributed by atoms with Crippen molar-refractivity contribution in [2.24, 2.45) is 0 Å². The van der Waals surface area contributed by atoms with Gasteiger partial charge in [0.1, 0.15) is 17.6 Å². The van der Waals surface area contributed by atoms with Crippen LogP contribution in [0.1, 0.15) is 50.2 Å². The largest absolute Gasteiger partial charge is 0.491 e. The number of rotatable bonds is 12. The van der Waals surface area contributed by atoms with Gasteiger partial charge in [0.15, 0.2) is 5.13 Å². The van der Waals surface area contributed by atoms with Crippen LogP contribution >= 0.6 is 18.9 Å². The molecule has 1 fully saturated rings. The second-order valence-electron chi connectivity index (χ2n) is 8.51. The fourth-order valence-electron chi connectivity index (χ4n) is 3.75. The normalized spacial score (nSPS) is 15.6. The number of likely N-dealkylation sites (tertiary alicyclic amines) is 1. The Morgan fingerprint density at radius 2 is 1.89 bits per heavy atom. The van der Waals surface area contributed by atoms with E-state index in [1.807, 2.05) is 13.8 Å². The number of benzene rings is 1. The Morgan fingerprint density at radius 1 is 1.19 bits per heavy atom. The molecule has 13 heteroatoms. The minimum absolute atomic E-state index is 0.0146. The molecule has 2 heterocycles. The molecule has 0 radical (unpaired) electrons. The van der Waals surface area contributed by atoms with Crippen LogP contribution in [0.25, 0.3) is 0 Å². The number of amides is 2. The van der Waals surface area contributed by atoms with E-state index in [0.717, 1.165) is 0 Å². The van der Waals surface area contributed by atoms with E-state index in [1.54, 1.807) is 42.3 Å². The molecule has 2 amide bonds. The highest BCUT2D eigenvalue weighted by Crippen LogP contribution is 2.51. The molecule has 37 heavy (non-hydrogen) atoms. The number of hydrogen-bond acceptors (Lipinski definition) is 10. The molecule has 1 aromatic heterocycles. The van der Waals surface area contributed by atoms with E-state index in [2.05, 4.69) is 10.3 Å². The number of ether oxygens (including phenoxy) is 3. The van der Waals surface area contributed by atoms with E-state index in [9.17, 15) is 14.2 Å². The van der Waals surface area contributed by atoms with Crippen molar-refractivity contribution in [3.63, 3.8) is 0 Å². The summed E-state index contributed by atoms with van der Waals surface area (Å²) in [7, 11) is -1.97. The number of anilines is 1. The molecule has 0 unspecified atom stereocenters. The van der Waals surface area contributed by atoms with Gasteiger partial charge in [0.25, 0.3) is 5.91 Å². The van der Waals surface area contributed by atoms with Crippen LogP contribution in [0, 0.1) is 0 Å². The highest BCUT2D eigenvalue weighted by Gasteiger charge is 2.29. The van der Waals surface area contributed by atoms with E-state index in [0.29, 0.717) is 47.4 Å². The molecule has 1 aliphatic rings. The lowest BCUT2D eigenvalue weighted by Gasteiger charge is -2.18. The molecule has 11 nitrogen and oxygen atoms in total. The molecule has 0 saturated carbocycles. The third kappa shape index (κ3) is 8.43. The number of carbonyl (C=O) groups excluding carboxylic acids is 2. The topological polar surface area (TPSA) is 126 Å². The van der Waals surface area contributed by atoms with Crippen molar-refractivity contribution < 1.29 is 37.4 Å². The first-order valence-corrected chi connectivity index (χ1v) is 14.7. The highest BCUT2D eigenvalue weighted by molar-refractivity contribution is 7.53. The Morgan fingerprint density at radius 3 is 2.54 bits per heavy atom. The van der Waals surface area contributed by atoms with Gasteiger partial charge in [-0.15, -0.1) is 11.3 Å². The zero-order valence-electron chi connectivity index (χ0n) is 21.7. The summed E-state index contributed by atoms with van der Waals surface area (Å²) in [4.78, 5) is 30.8. The molecule has 1 N–H and O–H groups in total. The number of carbonyl (C=O) groups is 2. The third-order valence-electron chi connectivity index (χ3n) is 5.17. The van der Waals surface area contributed by atoms with Gasteiger partial charge in [-0.1, -0.05) is 0 Å². The Hall–Kier alpha value is -2.66. The maximum atomic E-state index is 13.1. The molecule has 0 bridgehead atoms. The van der Waals surface area contributed by atoms with Crippen molar-refractivity contribution >= 4 is 36.1 Å². The fourth-order valence-corrected chi connectivity index (χ4v) is 6.18. The standard InChI is InChI=1S/C24H34N3O8PS/c1-6-32-36(30,33-7-2)14-18-15-37-23(25-18)26-22(28)17-10-20(34-16(3)4)12-21(11-17)35-19-8-9-27(13-19)24(29)31-5/h10-12,15-16,19H,6-9,13-14H2,1-5H3,(H,25,26,28)/t19-/m0/s1. The maximum absolute atomic E-state index is 13.1. The Balaban J connectivity index is 1.73. The summed E-state index contributed by atoms with van der Waals surface area (Å²) in [6.07, 6.45) is -0.0932. The lowest BCUT2D eigenvalue weighted by Crippen LogP contribution is -2.30. The number of nitrogens with one attached hydrogen (secondary N) is 1. The van der Waals surface area contributed by atoms with Crippen LogP contribution in [0.5, 0.6) is 11.5 Å². The van der Waals surface area contributed by atoms with E-state index in [1.165, 1.54) is 18.4 Å². The van der Waals surface area contributed by atoms with Crippen molar-refractivity contribution in [3.05, 3.63) is 34.8 Å². The molecule has 1 atom stereocenters. The summed E-state index contributed by atoms with van der Waals surface area (Å²) in [6.45, 7) is 8.69. The summed E-state index contributed by atoms with van der Waals surface area (Å²) < 4.78 is 40.1. The van der Waals surface area contributed by atoms with Crippen LogP contribution in [-0.2, 0) is 24.5 Å². The second kappa shape index (κ2) is 13.2. The first-order valence-electron chi connectivity index (χ1n) is 12.1. The van der Waals surface area contributed by atoms with Gasteiger partial charge in [-0.25, -0.2) is 9.78 Å².